The van der Waals surface area contributed by atoms with Crippen LogP contribution in [0.25, 0.3) is 0 Å². The van der Waals surface area contributed by atoms with Gasteiger partial charge in [0.05, 0.1) is 19.8 Å². The van der Waals surface area contributed by atoms with Gasteiger partial charge in [-0.05, 0) is 16.7 Å². The third-order valence-corrected chi connectivity index (χ3v) is 5.34. The number of hydrogen-bond acceptors (Lipinski definition) is 4. The molecule has 0 bridgehead atoms. The van der Waals surface area contributed by atoms with Crippen LogP contribution in [-0.2, 0) is 34.0 Å². The van der Waals surface area contributed by atoms with Crippen LogP contribution < -0.4 is 0 Å². The van der Waals surface area contributed by atoms with Crippen molar-refractivity contribution in [2.75, 3.05) is 0 Å². The average molecular weight is 417 g/mol. The van der Waals surface area contributed by atoms with E-state index in [1.54, 1.807) is 6.08 Å². The lowest BCUT2D eigenvalue weighted by Gasteiger charge is -2.37. The van der Waals surface area contributed by atoms with Crippen molar-refractivity contribution in [2.24, 2.45) is 0 Å². The molecule has 1 N–H and O–H groups in total. The van der Waals surface area contributed by atoms with Gasteiger partial charge in [-0.2, -0.15) is 0 Å². The Balaban J connectivity index is 1.48. The molecule has 4 nitrogen and oxygen atoms in total. The highest BCUT2D eigenvalue weighted by Gasteiger charge is 2.38. The second kappa shape index (κ2) is 11.0. The van der Waals surface area contributed by atoms with Gasteiger partial charge in [0.2, 0.25) is 0 Å². The van der Waals surface area contributed by atoms with Crippen molar-refractivity contribution in [3.63, 3.8) is 0 Å². The van der Waals surface area contributed by atoms with E-state index in [1.807, 2.05) is 97.1 Å². The van der Waals surface area contributed by atoms with Gasteiger partial charge < -0.3 is 19.3 Å². The fourth-order valence-corrected chi connectivity index (χ4v) is 3.66. The Morgan fingerprint density at radius 3 is 1.42 bits per heavy atom. The molecule has 0 unspecified atom stereocenters. The molecule has 3 aromatic carbocycles. The summed E-state index contributed by atoms with van der Waals surface area (Å²) in [5, 5.41) is 10.7. The Morgan fingerprint density at radius 2 is 0.935 bits per heavy atom. The van der Waals surface area contributed by atoms with Crippen molar-refractivity contribution < 1.29 is 19.3 Å². The summed E-state index contributed by atoms with van der Waals surface area (Å²) in [5.74, 6) is 0. The van der Waals surface area contributed by atoms with Gasteiger partial charge in [-0.1, -0.05) is 103 Å². The summed E-state index contributed by atoms with van der Waals surface area (Å²) < 4.78 is 18.6. The SMILES string of the molecule is O[C@H]1C=C[C@H](OCc2ccccc2)[C@@H](OCc2ccccc2)[C@H]1OCc1ccccc1. The van der Waals surface area contributed by atoms with Crippen LogP contribution in [0.4, 0.5) is 0 Å². The van der Waals surface area contributed by atoms with Gasteiger partial charge >= 0.3 is 0 Å². The first-order chi connectivity index (χ1) is 15.3. The molecule has 31 heavy (non-hydrogen) atoms. The summed E-state index contributed by atoms with van der Waals surface area (Å²) in [6, 6.07) is 30.0. The molecule has 3 aromatic rings. The van der Waals surface area contributed by atoms with Gasteiger partial charge in [0.25, 0.3) is 0 Å². The summed E-state index contributed by atoms with van der Waals surface area (Å²) in [4.78, 5) is 0. The molecule has 0 aliphatic heterocycles. The van der Waals surface area contributed by atoms with Crippen LogP contribution >= 0.6 is 0 Å². The number of aliphatic hydroxyl groups excluding tert-OH is 1. The molecular weight excluding hydrogens is 388 g/mol. The zero-order chi connectivity index (χ0) is 21.3. The molecular formula is C27H28O4. The highest BCUT2D eigenvalue weighted by molar-refractivity contribution is 5.17. The van der Waals surface area contributed by atoms with Gasteiger partial charge in [-0.15, -0.1) is 0 Å². The van der Waals surface area contributed by atoms with E-state index >= 15 is 0 Å². The molecule has 0 fully saturated rings. The zero-order valence-electron chi connectivity index (χ0n) is 17.4. The summed E-state index contributed by atoms with van der Waals surface area (Å²) in [5.41, 5.74) is 3.20. The van der Waals surface area contributed by atoms with E-state index in [4.69, 9.17) is 14.2 Å². The third-order valence-electron chi connectivity index (χ3n) is 5.34. The number of hydrogen-bond donors (Lipinski definition) is 1. The van der Waals surface area contributed by atoms with E-state index in [-0.39, 0.29) is 6.10 Å². The fraction of sp³-hybridized carbons (Fsp3) is 0.259. The Bertz CT molecular complexity index is 927. The topological polar surface area (TPSA) is 47.9 Å². The summed E-state index contributed by atoms with van der Waals surface area (Å²) >= 11 is 0. The van der Waals surface area contributed by atoms with Crippen molar-refractivity contribution in [1.82, 2.24) is 0 Å². The monoisotopic (exact) mass is 416 g/mol. The fourth-order valence-electron chi connectivity index (χ4n) is 3.66. The van der Waals surface area contributed by atoms with Crippen molar-refractivity contribution in [1.29, 1.82) is 0 Å². The molecule has 4 atom stereocenters. The van der Waals surface area contributed by atoms with Crippen molar-refractivity contribution in [3.8, 4) is 0 Å². The van der Waals surface area contributed by atoms with Gasteiger partial charge in [-0.3, -0.25) is 0 Å². The Kier molecular flexibility index (Phi) is 7.64. The minimum atomic E-state index is -0.763. The minimum absolute atomic E-state index is 0.326. The molecule has 1 aliphatic rings. The van der Waals surface area contributed by atoms with E-state index in [0.29, 0.717) is 19.8 Å². The van der Waals surface area contributed by atoms with Crippen molar-refractivity contribution in [2.45, 2.75) is 44.2 Å². The molecule has 0 heterocycles. The highest BCUT2D eigenvalue weighted by Crippen LogP contribution is 2.25. The van der Waals surface area contributed by atoms with Gasteiger partial charge in [0.15, 0.2) is 0 Å². The molecule has 0 radical (unpaired) electrons. The van der Waals surface area contributed by atoms with E-state index in [0.717, 1.165) is 16.7 Å². The lowest BCUT2D eigenvalue weighted by Crippen LogP contribution is -2.50. The molecule has 0 saturated heterocycles. The van der Waals surface area contributed by atoms with Gasteiger partial charge in [-0.25, -0.2) is 0 Å². The predicted molar refractivity (Wildman–Crippen MR) is 120 cm³/mol. The average Bonchev–Trinajstić information content (AvgIpc) is 2.83. The molecule has 4 rings (SSSR count). The number of ether oxygens (including phenoxy) is 3. The van der Waals surface area contributed by atoms with Gasteiger partial charge in [0.1, 0.15) is 24.4 Å². The predicted octanol–water partition coefficient (Wildman–Crippen LogP) is 4.67. The second-order valence-corrected chi connectivity index (χ2v) is 7.66. The zero-order valence-corrected chi connectivity index (χ0v) is 17.4. The first-order valence-corrected chi connectivity index (χ1v) is 10.6. The van der Waals surface area contributed by atoms with Crippen LogP contribution in [0, 0.1) is 0 Å². The van der Waals surface area contributed by atoms with E-state index in [2.05, 4.69) is 0 Å². The Labute approximate surface area is 183 Å². The molecule has 160 valence electrons. The summed E-state index contributed by atoms with van der Waals surface area (Å²) in [7, 11) is 0. The minimum Gasteiger partial charge on any atom is -0.386 e. The second-order valence-electron chi connectivity index (χ2n) is 7.66. The maximum absolute atomic E-state index is 10.7. The first kappa shape index (κ1) is 21.5. The van der Waals surface area contributed by atoms with Crippen molar-refractivity contribution in [3.05, 3.63) is 120 Å². The molecule has 4 heteroatoms. The van der Waals surface area contributed by atoms with E-state index in [9.17, 15) is 5.11 Å². The lowest BCUT2D eigenvalue weighted by molar-refractivity contribution is -0.167. The molecule has 0 amide bonds. The van der Waals surface area contributed by atoms with Crippen LogP contribution in [0.2, 0.25) is 0 Å². The van der Waals surface area contributed by atoms with Crippen LogP contribution in [-0.4, -0.2) is 29.5 Å². The smallest absolute Gasteiger partial charge is 0.117 e. The Morgan fingerprint density at radius 1 is 0.516 bits per heavy atom. The van der Waals surface area contributed by atoms with Crippen molar-refractivity contribution >= 4 is 0 Å². The number of rotatable bonds is 9. The quantitative estimate of drug-likeness (QED) is 0.515. The van der Waals surface area contributed by atoms with Gasteiger partial charge in [0, 0.05) is 0 Å². The standard InChI is InChI=1S/C27H28O4/c28-24-16-17-25(29-18-21-10-4-1-5-11-21)27(31-20-23-14-8-3-9-15-23)26(24)30-19-22-12-6-2-7-13-22/h1-17,24-28H,18-20H2/t24-,25-,26-,27+/m0/s1. The molecule has 1 aliphatic carbocycles. The normalized spacial score (nSPS) is 23.0. The highest BCUT2D eigenvalue weighted by atomic mass is 16.6. The van der Waals surface area contributed by atoms with Crippen LogP contribution in [0.15, 0.2) is 103 Å². The summed E-state index contributed by atoms with van der Waals surface area (Å²) in [6.07, 6.45) is 1.57. The first-order valence-electron chi connectivity index (χ1n) is 10.6. The summed E-state index contributed by atoms with van der Waals surface area (Å²) in [6.45, 7) is 1.28. The number of benzene rings is 3. The number of aliphatic hydroxyl groups is 1. The largest absolute Gasteiger partial charge is 0.386 e. The van der Waals surface area contributed by atoms with Crippen LogP contribution in [0.5, 0.6) is 0 Å². The van der Waals surface area contributed by atoms with E-state index in [1.165, 1.54) is 0 Å². The maximum Gasteiger partial charge on any atom is 0.117 e. The Hall–Kier alpha value is -2.76. The maximum atomic E-state index is 10.7. The van der Waals surface area contributed by atoms with Crippen LogP contribution in [0.3, 0.4) is 0 Å². The van der Waals surface area contributed by atoms with Crippen LogP contribution in [0.1, 0.15) is 16.7 Å². The third kappa shape index (κ3) is 6.12. The molecule has 0 saturated carbocycles. The molecule has 0 aromatic heterocycles. The van der Waals surface area contributed by atoms with E-state index < -0.39 is 18.3 Å². The lowest BCUT2D eigenvalue weighted by atomic mass is 9.95. The molecule has 0 spiro atoms.